The molecule has 0 radical (unpaired) electrons. The van der Waals surface area contributed by atoms with E-state index in [0.29, 0.717) is 0 Å². The molecule has 272 valence electrons. The third-order valence-corrected chi connectivity index (χ3v) is 12.9. The summed E-state index contributed by atoms with van der Waals surface area (Å²) in [5, 5.41) is 18.8. The third-order valence-electron chi connectivity index (χ3n) is 11.7. The van der Waals surface area contributed by atoms with Crippen molar-refractivity contribution >= 4 is 75.3 Å². The van der Waals surface area contributed by atoms with Gasteiger partial charge >= 0.3 is 0 Å². The number of furan rings is 1. The molecule has 4 heterocycles. The van der Waals surface area contributed by atoms with E-state index in [2.05, 4.69) is 203 Å². The average Bonchev–Trinajstić information content (AvgIpc) is 3.95. The fourth-order valence-corrected chi connectivity index (χ4v) is 10.2. The lowest BCUT2D eigenvalue weighted by Gasteiger charge is -2.39. The van der Waals surface area contributed by atoms with Crippen LogP contribution < -0.4 is 16.0 Å². The van der Waals surface area contributed by atoms with Crippen molar-refractivity contribution in [2.45, 2.75) is 18.5 Å². The summed E-state index contributed by atoms with van der Waals surface area (Å²) < 4.78 is 11.5. The minimum absolute atomic E-state index is 0.0253. The molecule has 0 aliphatic carbocycles. The largest absolute Gasteiger partial charge is 0.456 e. The average molecular weight is 753 g/mol. The highest BCUT2D eigenvalue weighted by atomic mass is 32.1. The topological polar surface area (TPSA) is 54.2 Å². The first-order valence-electron chi connectivity index (χ1n) is 19.5. The van der Waals surface area contributed by atoms with E-state index in [1.165, 1.54) is 69.8 Å². The Hall–Kier alpha value is -6.54. The monoisotopic (exact) mass is 752 g/mol. The lowest BCUT2D eigenvalue weighted by Crippen LogP contribution is -2.54. The van der Waals surface area contributed by atoms with E-state index in [1.807, 2.05) is 11.3 Å². The van der Waals surface area contributed by atoms with E-state index in [9.17, 15) is 0 Å². The first kappa shape index (κ1) is 32.7. The van der Waals surface area contributed by atoms with E-state index in [-0.39, 0.29) is 18.5 Å². The summed E-state index contributed by atoms with van der Waals surface area (Å²) in [5.41, 5.74) is 11.3. The smallest absolute Gasteiger partial charge is 0.137 e. The zero-order chi connectivity index (χ0) is 37.5. The number of nitrogens with one attached hydrogen (secondary N) is 3. The van der Waals surface area contributed by atoms with Crippen LogP contribution in [0, 0.1) is 0 Å². The Balaban J connectivity index is 0.952. The maximum atomic E-state index is 6.58. The molecule has 11 aromatic rings. The Kier molecular flexibility index (Phi) is 7.46. The van der Waals surface area contributed by atoms with E-state index in [4.69, 9.17) is 4.42 Å². The van der Waals surface area contributed by atoms with Gasteiger partial charge in [0.05, 0.1) is 29.5 Å². The molecule has 57 heavy (non-hydrogen) atoms. The van der Waals surface area contributed by atoms with Gasteiger partial charge in [-0.3, -0.25) is 16.0 Å². The van der Waals surface area contributed by atoms with Gasteiger partial charge in [-0.1, -0.05) is 121 Å². The number of para-hydroxylation sites is 2. The summed E-state index contributed by atoms with van der Waals surface area (Å²) in [5.74, 6) is 0. The van der Waals surface area contributed by atoms with Gasteiger partial charge in [0.2, 0.25) is 0 Å². The Morgan fingerprint density at radius 2 is 1.07 bits per heavy atom. The maximum Gasteiger partial charge on any atom is 0.137 e. The van der Waals surface area contributed by atoms with Crippen LogP contribution in [0.4, 0.5) is 0 Å². The number of nitrogens with zero attached hydrogens (tertiary/aromatic N) is 1. The third kappa shape index (κ3) is 5.34. The van der Waals surface area contributed by atoms with Crippen LogP contribution in [-0.4, -0.2) is 4.57 Å². The summed E-state index contributed by atoms with van der Waals surface area (Å²) in [6, 6.07) is 65.5. The molecule has 1 saturated heterocycles. The molecule has 8 aromatic carbocycles. The first-order chi connectivity index (χ1) is 28.2. The Labute approximate surface area is 332 Å². The number of hydrogen-bond donors (Lipinski definition) is 3. The molecule has 0 saturated carbocycles. The summed E-state index contributed by atoms with van der Waals surface area (Å²) >= 11 is 1.86. The van der Waals surface area contributed by atoms with Crippen LogP contribution in [0.25, 0.3) is 80.7 Å². The molecule has 12 rings (SSSR count). The molecule has 1 aliphatic rings. The molecule has 1 aliphatic heterocycles. The molecule has 0 amide bonds. The fraction of sp³-hybridized carbons (Fsp3) is 0.0588. The summed E-state index contributed by atoms with van der Waals surface area (Å²) in [7, 11) is 0. The number of rotatable bonds is 5. The lowest BCUT2D eigenvalue weighted by molar-refractivity contribution is 0.203. The van der Waals surface area contributed by atoms with Gasteiger partial charge in [-0.25, -0.2) is 0 Å². The molecule has 1 fully saturated rings. The van der Waals surface area contributed by atoms with Crippen LogP contribution in [0.2, 0.25) is 0 Å². The predicted molar refractivity (Wildman–Crippen MR) is 237 cm³/mol. The van der Waals surface area contributed by atoms with Crippen molar-refractivity contribution in [3.8, 4) is 16.8 Å². The summed E-state index contributed by atoms with van der Waals surface area (Å²) in [4.78, 5) is 0. The quantitative estimate of drug-likeness (QED) is 0.164. The van der Waals surface area contributed by atoms with Crippen molar-refractivity contribution < 1.29 is 4.42 Å². The molecular formula is C51H36N4OS. The van der Waals surface area contributed by atoms with Gasteiger partial charge in [0.25, 0.3) is 0 Å². The fourth-order valence-electron chi connectivity index (χ4n) is 9.05. The molecule has 0 spiro atoms. The molecule has 2 unspecified atom stereocenters. The van der Waals surface area contributed by atoms with Crippen molar-refractivity contribution in [1.82, 2.24) is 20.5 Å². The van der Waals surface area contributed by atoms with E-state index < -0.39 is 0 Å². The second kappa shape index (κ2) is 13.0. The molecule has 3 N–H and O–H groups in total. The van der Waals surface area contributed by atoms with Crippen LogP contribution in [0.1, 0.15) is 35.2 Å². The number of aromatic nitrogens is 1. The van der Waals surface area contributed by atoms with Crippen molar-refractivity contribution in [1.29, 1.82) is 0 Å². The van der Waals surface area contributed by atoms with Gasteiger partial charge in [-0.05, 0) is 82.4 Å². The SMILES string of the molecule is c1ccc(C2NC(c3ccccc3)NC(c3ccc4sc5cccc(-c6ccc7oc8cc(-n9c%10ccccc%10c%10ccccc%109)ccc8c7c6)c5c4c3)N2)cc1. The predicted octanol–water partition coefficient (Wildman–Crippen LogP) is 12.9. The number of hydrogen-bond acceptors (Lipinski definition) is 5. The van der Waals surface area contributed by atoms with E-state index in [1.54, 1.807) is 0 Å². The van der Waals surface area contributed by atoms with Crippen molar-refractivity contribution in [2.75, 3.05) is 0 Å². The summed E-state index contributed by atoms with van der Waals surface area (Å²) in [6.07, 6.45) is -0.125. The highest BCUT2D eigenvalue weighted by molar-refractivity contribution is 7.25. The summed E-state index contributed by atoms with van der Waals surface area (Å²) in [6.45, 7) is 0. The van der Waals surface area contributed by atoms with Gasteiger partial charge in [-0.15, -0.1) is 11.3 Å². The Morgan fingerprint density at radius 3 is 1.77 bits per heavy atom. The Bertz CT molecular complexity index is 3210. The molecule has 2 atom stereocenters. The van der Waals surface area contributed by atoms with Crippen LogP contribution in [0.5, 0.6) is 0 Å². The first-order valence-corrected chi connectivity index (χ1v) is 20.3. The van der Waals surface area contributed by atoms with Crippen molar-refractivity contribution in [3.63, 3.8) is 0 Å². The maximum absolute atomic E-state index is 6.58. The lowest BCUT2D eigenvalue weighted by atomic mass is 9.96. The highest BCUT2D eigenvalue weighted by Gasteiger charge is 2.30. The van der Waals surface area contributed by atoms with Crippen LogP contribution in [0.3, 0.4) is 0 Å². The second-order valence-corrected chi connectivity index (χ2v) is 16.1. The van der Waals surface area contributed by atoms with E-state index >= 15 is 0 Å². The zero-order valence-corrected chi connectivity index (χ0v) is 31.6. The minimum Gasteiger partial charge on any atom is -0.456 e. The van der Waals surface area contributed by atoms with Crippen LogP contribution in [-0.2, 0) is 0 Å². The van der Waals surface area contributed by atoms with E-state index in [0.717, 1.165) is 27.6 Å². The van der Waals surface area contributed by atoms with Gasteiger partial charge in [0, 0.05) is 53.5 Å². The molecule has 5 nitrogen and oxygen atoms in total. The zero-order valence-electron chi connectivity index (χ0n) is 30.8. The molecule has 0 bridgehead atoms. The van der Waals surface area contributed by atoms with Gasteiger partial charge in [-0.2, -0.15) is 0 Å². The molecular weight excluding hydrogens is 717 g/mol. The standard InChI is InChI=1S/C51H36N4OS/c1-3-12-31(13-4-1)49-52-50(32-14-5-2-6-15-32)54-51(53-49)34-23-27-46-41(29-34)48-36(18-11-21-47(48)57-46)33-22-26-44-40(28-33)39-25-24-35(30-45(39)56-44)55-42-19-9-7-16-37(42)38-17-8-10-20-43(38)55/h1-30,49-54H. The van der Waals surface area contributed by atoms with Crippen LogP contribution >= 0.6 is 11.3 Å². The minimum atomic E-state index is -0.0748. The van der Waals surface area contributed by atoms with Crippen molar-refractivity contribution in [3.05, 3.63) is 199 Å². The number of benzene rings is 8. The van der Waals surface area contributed by atoms with Gasteiger partial charge in [0.1, 0.15) is 11.2 Å². The Morgan fingerprint density at radius 1 is 0.421 bits per heavy atom. The van der Waals surface area contributed by atoms with Crippen molar-refractivity contribution in [2.24, 2.45) is 0 Å². The number of thiophene rings is 1. The number of fused-ring (bicyclic) bond motifs is 9. The molecule has 6 heteroatoms. The van der Waals surface area contributed by atoms with Gasteiger partial charge < -0.3 is 8.98 Å². The highest BCUT2D eigenvalue weighted by Crippen LogP contribution is 2.43. The molecule has 3 aromatic heterocycles. The second-order valence-electron chi connectivity index (χ2n) is 15.0. The normalized spacial score (nSPS) is 17.4. The van der Waals surface area contributed by atoms with Gasteiger partial charge in [0.15, 0.2) is 0 Å². The van der Waals surface area contributed by atoms with Crippen LogP contribution in [0.15, 0.2) is 186 Å².